The van der Waals surface area contributed by atoms with Gasteiger partial charge < -0.3 is 15.1 Å². The van der Waals surface area contributed by atoms with Crippen LogP contribution in [0.5, 0.6) is 0 Å². The molecule has 0 radical (unpaired) electrons. The van der Waals surface area contributed by atoms with Crippen molar-refractivity contribution < 1.29 is 17.2 Å². The van der Waals surface area contributed by atoms with Crippen LogP contribution in [-0.4, -0.2) is 70.3 Å². The van der Waals surface area contributed by atoms with E-state index in [1.165, 1.54) is 6.07 Å². The van der Waals surface area contributed by atoms with Crippen molar-refractivity contribution in [1.82, 2.24) is 14.9 Å². The van der Waals surface area contributed by atoms with Gasteiger partial charge in [-0.1, -0.05) is 0 Å². The Morgan fingerprint density at radius 2 is 1.83 bits per heavy atom. The summed E-state index contributed by atoms with van der Waals surface area (Å²) in [6.45, 7) is 8.64. The fourth-order valence-electron chi connectivity index (χ4n) is 3.12. The van der Waals surface area contributed by atoms with Gasteiger partial charge in [0, 0.05) is 44.3 Å². The molecule has 29 heavy (non-hydrogen) atoms. The lowest BCUT2D eigenvalue weighted by atomic mass is 10.1. The van der Waals surface area contributed by atoms with Gasteiger partial charge in [-0.3, -0.25) is 4.99 Å². The van der Waals surface area contributed by atoms with Crippen LogP contribution in [-0.2, 0) is 10.0 Å². The van der Waals surface area contributed by atoms with Gasteiger partial charge >= 0.3 is 0 Å². The molecular weight excluding hydrogens is 515 g/mol. The summed E-state index contributed by atoms with van der Waals surface area (Å²) in [5.41, 5.74) is -0.457. The molecule has 1 aromatic carbocycles. The fourth-order valence-corrected chi connectivity index (χ4v) is 4.19. The van der Waals surface area contributed by atoms with E-state index in [1.807, 2.05) is 16.7 Å². The smallest absolute Gasteiger partial charge is 0.209 e. The number of benzene rings is 1. The fraction of sp³-hybridized carbons (Fsp3) is 0.611. The van der Waals surface area contributed by atoms with Crippen LogP contribution in [0.1, 0.15) is 20.8 Å². The Morgan fingerprint density at radius 3 is 2.38 bits per heavy atom. The lowest BCUT2D eigenvalue weighted by Crippen LogP contribution is -2.53. The summed E-state index contributed by atoms with van der Waals surface area (Å²) in [5.74, 6) is -0.233. The lowest BCUT2D eigenvalue weighted by molar-refractivity contribution is 0.367. The molecule has 0 unspecified atom stereocenters. The maximum absolute atomic E-state index is 14.0. The molecule has 1 heterocycles. The van der Waals surface area contributed by atoms with Crippen LogP contribution in [0.4, 0.5) is 14.5 Å². The Balaban J connectivity index is 0.00000420. The quantitative estimate of drug-likeness (QED) is 0.325. The average Bonchev–Trinajstić information content (AvgIpc) is 2.59. The number of nitrogens with one attached hydrogen (secondary N) is 2. The number of rotatable bonds is 6. The summed E-state index contributed by atoms with van der Waals surface area (Å²) in [6, 6.07) is 3.46. The topological polar surface area (TPSA) is 77.0 Å². The Kier molecular flexibility index (Phi) is 9.54. The maximum atomic E-state index is 14.0. The summed E-state index contributed by atoms with van der Waals surface area (Å²) in [4.78, 5) is 8.42. The molecule has 0 spiro atoms. The van der Waals surface area contributed by atoms with Gasteiger partial charge in [-0.15, -0.1) is 24.0 Å². The molecule has 7 nitrogen and oxygen atoms in total. The third-order valence-electron chi connectivity index (χ3n) is 4.25. The molecule has 0 atom stereocenters. The highest BCUT2D eigenvalue weighted by Gasteiger charge is 2.25. The van der Waals surface area contributed by atoms with Crippen LogP contribution in [0.25, 0.3) is 0 Å². The van der Waals surface area contributed by atoms with E-state index in [1.54, 1.807) is 13.8 Å². The van der Waals surface area contributed by atoms with E-state index in [-0.39, 0.29) is 36.2 Å². The standard InChI is InChI=1S/C18H29F2N5O2S.HI/c1-5-21-17(22-13-18(2,3)23-28(4,26)27)25-10-8-24(9-11-25)16-12-14(19)6-7-15(16)20;/h6-7,12,23H,5,8-11,13H2,1-4H3,(H,21,22);1H. The van der Waals surface area contributed by atoms with E-state index in [9.17, 15) is 17.2 Å². The number of guanidine groups is 1. The molecule has 0 amide bonds. The molecule has 1 aliphatic heterocycles. The highest BCUT2D eigenvalue weighted by Crippen LogP contribution is 2.22. The molecule has 2 rings (SSSR count). The highest BCUT2D eigenvalue weighted by atomic mass is 127. The second kappa shape index (κ2) is 10.7. The Bertz CT molecular complexity index is 812. The molecule has 11 heteroatoms. The molecule has 0 bridgehead atoms. The van der Waals surface area contributed by atoms with Crippen LogP contribution in [0.2, 0.25) is 0 Å². The Hall–Kier alpha value is -1.21. The van der Waals surface area contributed by atoms with E-state index in [0.29, 0.717) is 38.7 Å². The molecular formula is C18H30F2IN5O2S. The average molecular weight is 545 g/mol. The third kappa shape index (κ3) is 8.21. The van der Waals surface area contributed by atoms with Crippen LogP contribution in [0.3, 0.4) is 0 Å². The molecule has 2 N–H and O–H groups in total. The lowest BCUT2D eigenvalue weighted by Gasteiger charge is -2.38. The number of hydrogen-bond donors (Lipinski definition) is 2. The molecule has 1 aromatic rings. The van der Waals surface area contributed by atoms with Crippen molar-refractivity contribution >= 4 is 45.6 Å². The van der Waals surface area contributed by atoms with Crippen molar-refractivity contribution in [3.63, 3.8) is 0 Å². The molecule has 0 saturated carbocycles. The Labute approximate surface area is 189 Å². The number of nitrogens with zero attached hydrogens (tertiary/aromatic N) is 3. The number of piperazine rings is 1. The van der Waals surface area contributed by atoms with E-state index in [4.69, 9.17) is 0 Å². The summed E-state index contributed by atoms with van der Waals surface area (Å²) >= 11 is 0. The number of anilines is 1. The van der Waals surface area contributed by atoms with E-state index in [2.05, 4.69) is 15.0 Å². The third-order valence-corrected chi connectivity index (χ3v) is 5.17. The number of aliphatic imine (C=N–C) groups is 1. The summed E-state index contributed by atoms with van der Waals surface area (Å²) in [7, 11) is -3.34. The van der Waals surface area contributed by atoms with Gasteiger partial charge in [0.2, 0.25) is 10.0 Å². The summed E-state index contributed by atoms with van der Waals surface area (Å²) in [6.07, 6.45) is 1.12. The number of hydrogen-bond acceptors (Lipinski definition) is 4. The van der Waals surface area contributed by atoms with Crippen LogP contribution in [0.15, 0.2) is 23.2 Å². The zero-order chi connectivity index (χ0) is 20.9. The number of sulfonamides is 1. The minimum atomic E-state index is -3.34. The van der Waals surface area contributed by atoms with E-state index in [0.717, 1.165) is 18.4 Å². The first-order valence-electron chi connectivity index (χ1n) is 9.23. The maximum Gasteiger partial charge on any atom is 0.209 e. The normalized spacial score (nSPS) is 15.9. The first kappa shape index (κ1) is 25.8. The van der Waals surface area contributed by atoms with Crippen molar-refractivity contribution in [3.05, 3.63) is 29.8 Å². The molecule has 166 valence electrons. The highest BCUT2D eigenvalue weighted by molar-refractivity contribution is 14.0. The van der Waals surface area contributed by atoms with Gasteiger partial charge in [-0.2, -0.15) is 0 Å². The molecule has 0 aliphatic carbocycles. The molecule has 1 saturated heterocycles. The minimum Gasteiger partial charge on any atom is -0.366 e. The monoisotopic (exact) mass is 545 g/mol. The van der Waals surface area contributed by atoms with Crippen LogP contribution in [0, 0.1) is 11.6 Å². The van der Waals surface area contributed by atoms with Gasteiger partial charge in [0.25, 0.3) is 0 Å². The van der Waals surface area contributed by atoms with Crippen molar-refractivity contribution in [1.29, 1.82) is 0 Å². The van der Waals surface area contributed by atoms with E-state index < -0.39 is 27.2 Å². The zero-order valence-electron chi connectivity index (χ0n) is 17.2. The largest absolute Gasteiger partial charge is 0.366 e. The van der Waals surface area contributed by atoms with Crippen molar-refractivity contribution in [2.75, 3.05) is 50.4 Å². The summed E-state index contributed by atoms with van der Waals surface area (Å²) in [5, 5.41) is 3.21. The second-order valence-electron chi connectivity index (χ2n) is 7.50. The van der Waals surface area contributed by atoms with Crippen molar-refractivity contribution in [3.8, 4) is 0 Å². The van der Waals surface area contributed by atoms with Gasteiger partial charge in [0.05, 0.1) is 18.5 Å². The van der Waals surface area contributed by atoms with E-state index >= 15 is 0 Å². The first-order valence-corrected chi connectivity index (χ1v) is 11.1. The van der Waals surface area contributed by atoms with Crippen molar-refractivity contribution in [2.45, 2.75) is 26.3 Å². The second-order valence-corrected chi connectivity index (χ2v) is 9.25. The Morgan fingerprint density at radius 1 is 1.21 bits per heavy atom. The molecule has 0 aromatic heterocycles. The predicted molar refractivity (Wildman–Crippen MR) is 124 cm³/mol. The molecule has 1 aliphatic rings. The van der Waals surface area contributed by atoms with Crippen LogP contribution >= 0.6 is 24.0 Å². The zero-order valence-corrected chi connectivity index (χ0v) is 20.4. The van der Waals surface area contributed by atoms with Crippen LogP contribution < -0.4 is 14.9 Å². The summed E-state index contributed by atoms with van der Waals surface area (Å²) < 4.78 is 53.0. The first-order chi connectivity index (χ1) is 13.0. The minimum absolute atomic E-state index is 0. The van der Waals surface area contributed by atoms with Gasteiger partial charge in [-0.25, -0.2) is 21.9 Å². The predicted octanol–water partition coefficient (Wildman–Crippen LogP) is 2.00. The van der Waals surface area contributed by atoms with Crippen molar-refractivity contribution in [2.24, 2.45) is 4.99 Å². The number of halogens is 3. The molecule has 1 fully saturated rings. The SMILES string of the molecule is CCNC(=NCC(C)(C)NS(C)(=O)=O)N1CCN(c2cc(F)ccc2F)CC1.I. The van der Waals surface area contributed by atoms with Gasteiger partial charge in [0.1, 0.15) is 11.6 Å². The van der Waals surface area contributed by atoms with Gasteiger partial charge in [0.15, 0.2) is 5.96 Å². The van der Waals surface area contributed by atoms with Gasteiger partial charge in [-0.05, 0) is 32.9 Å².